The number of carbonyl (C=O) groups is 2. The Morgan fingerprint density at radius 3 is 2.05 bits per heavy atom. The topological polar surface area (TPSA) is 63.6 Å². The van der Waals surface area contributed by atoms with Gasteiger partial charge >= 0.3 is 11.9 Å². The average Bonchev–Trinajstić information content (AvgIpc) is 2.55. The Morgan fingerprint density at radius 1 is 1.05 bits per heavy atom. The highest BCUT2D eigenvalue weighted by Gasteiger charge is 2.42. The fraction of sp³-hybridized carbons (Fsp3) is 0.733. The normalized spacial score (nSPS) is 33.8. The third-order valence-corrected chi connectivity index (χ3v) is 3.89. The fourth-order valence-corrected chi connectivity index (χ4v) is 3.10. The Hall–Kier alpha value is -1.32. The molecule has 0 radical (unpaired) electrons. The fourth-order valence-electron chi connectivity index (χ4n) is 3.10. The Morgan fingerprint density at radius 2 is 1.58 bits per heavy atom. The molecular weight excluding hydrogens is 244 g/mol. The maximum Gasteiger partial charge on any atom is 0.310 e. The molecule has 4 unspecified atom stereocenters. The molecular formula is C15H22O4. The Balaban J connectivity index is 2.17. The number of aliphatic carboxylic acids is 1. The lowest BCUT2D eigenvalue weighted by molar-refractivity contribution is -0.167. The first kappa shape index (κ1) is 14.1. The Kier molecular flexibility index (Phi) is 3.70. The van der Waals surface area contributed by atoms with Gasteiger partial charge in [0.25, 0.3) is 0 Å². The van der Waals surface area contributed by atoms with Crippen LogP contribution in [0.5, 0.6) is 0 Å². The van der Waals surface area contributed by atoms with E-state index in [0.717, 1.165) is 6.42 Å². The zero-order valence-electron chi connectivity index (χ0n) is 11.8. The molecule has 1 N–H and O–H groups in total. The summed E-state index contributed by atoms with van der Waals surface area (Å²) >= 11 is 0. The van der Waals surface area contributed by atoms with Crippen molar-refractivity contribution in [3.63, 3.8) is 0 Å². The van der Waals surface area contributed by atoms with Gasteiger partial charge in [-0.3, -0.25) is 9.59 Å². The quantitative estimate of drug-likeness (QED) is 0.616. The molecule has 0 aliphatic heterocycles. The van der Waals surface area contributed by atoms with Crippen LogP contribution in [0.3, 0.4) is 0 Å². The second-order valence-electron chi connectivity index (χ2n) is 6.70. The van der Waals surface area contributed by atoms with Gasteiger partial charge in [0.2, 0.25) is 0 Å². The molecule has 2 aliphatic rings. The second kappa shape index (κ2) is 4.99. The standard InChI is InChI=1S/C15H22O4/c1-15(2,3)19-14(18)12-8-10-5-4-9(6-10)7-11(12)13(16)17/h4-5,9-12H,6-8H2,1-3H3,(H,16,17). The number of ether oxygens (including phenoxy) is 1. The molecule has 4 nitrogen and oxygen atoms in total. The van der Waals surface area contributed by atoms with Gasteiger partial charge in [-0.25, -0.2) is 0 Å². The molecule has 0 aromatic carbocycles. The first-order valence-electron chi connectivity index (χ1n) is 6.90. The smallest absolute Gasteiger partial charge is 0.310 e. The average molecular weight is 266 g/mol. The molecule has 2 bridgehead atoms. The van der Waals surface area contributed by atoms with Crippen LogP contribution >= 0.6 is 0 Å². The lowest BCUT2D eigenvalue weighted by Gasteiger charge is -2.27. The molecule has 0 heterocycles. The summed E-state index contributed by atoms with van der Waals surface area (Å²) in [6, 6.07) is 0. The molecule has 0 saturated heterocycles. The van der Waals surface area contributed by atoms with Gasteiger partial charge in [0.05, 0.1) is 11.8 Å². The minimum atomic E-state index is -0.878. The van der Waals surface area contributed by atoms with E-state index in [2.05, 4.69) is 12.2 Å². The van der Waals surface area contributed by atoms with Crippen molar-refractivity contribution in [1.29, 1.82) is 0 Å². The molecule has 2 rings (SSSR count). The maximum atomic E-state index is 12.2. The van der Waals surface area contributed by atoms with Gasteiger partial charge in [0, 0.05) is 0 Å². The summed E-state index contributed by atoms with van der Waals surface area (Å²) in [7, 11) is 0. The van der Waals surface area contributed by atoms with E-state index in [1.807, 2.05) is 20.8 Å². The van der Waals surface area contributed by atoms with E-state index in [-0.39, 0.29) is 5.97 Å². The molecule has 106 valence electrons. The first-order valence-corrected chi connectivity index (χ1v) is 6.90. The van der Waals surface area contributed by atoms with Crippen molar-refractivity contribution in [3.05, 3.63) is 12.2 Å². The summed E-state index contributed by atoms with van der Waals surface area (Å²) in [4.78, 5) is 23.7. The van der Waals surface area contributed by atoms with Crippen molar-refractivity contribution in [2.75, 3.05) is 0 Å². The van der Waals surface area contributed by atoms with Crippen LogP contribution in [0.25, 0.3) is 0 Å². The zero-order chi connectivity index (χ0) is 14.2. The van der Waals surface area contributed by atoms with E-state index in [4.69, 9.17) is 4.74 Å². The van der Waals surface area contributed by atoms with Crippen LogP contribution in [0, 0.1) is 23.7 Å². The van der Waals surface area contributed by atoms with Gasteiger partial charge in [-0.1, -0.05) is 12.2 Å². The minimum Gasteiger partial charge on any atom is -0.481 e. The maximum absolute atomic E-state index is 12.2. The van der Waals surface area contributed by atoms with Crippen LogP contribution in [0.4, 0.5) is 0 Å². The van der Waals surface area contributed by atoms with Crippen LogP contribution in [0.15, 0.2) is 12.2 Å². The van der Waals surface area contributed by atoms with Crippen molar-refractivity contribution in [3.8, 4) is 0 Å². The number of carboxylic acid groups (broad SMARTS) is 1. The predicted octanol–water partition coefficient (Wildman–Crippen LogP) is 2.63. The van der Waals surface area contributed by atoms with Crippen molar-refractivity contribution >= 4 is 11.9 Å². The summed E-state index contributed by atoms with van der Waals surface area (Å²) in [6.45, 7) is 5.43. The highest BCUT2D eigenvalue weighted by atomic mass is 16.6. The molecule has 4 atom stereocenters. The van der Waals surface area contributed by atoms with Crippen LogP contribution in [-0.2, 0) is 14.3 Å². The number of rotatable bonds is 2. The first-order chi connectivity index (χ1) is 8.76. The molecule has 1 fully saturated rings. The van der Waals surface area contributed by atoms with Crippen LogP contribution in [-0.4, -0.2) is 22.6 Å². The molecule has 4 heteroatoms. The Bertz CT molecular complexity index is 405. The van der Waals surface area contributed by atoms with Crippen LogP contribution < -0.4 is 0 Å². The third kappa shape index (κ3) is 3.37. The highest BCUT2D eigenvalue weighted by Crippen LogP contribution is 2.41. The number of esters is 1. The summed E-state index contributed by atoms with van der Waals surface area (Å²) in [6.07, 6.45) is 6.35. The summed E-state index contributed by atoms with van der Waals surface area (Å²) in [5.74, 6) is -1.74. The highest BCUT2D eigenvalue weighted by molar-refractivity contribution is 5.81. The van der Waals surface area contributed by atoms with Crippen molar-refractivity contribution in [2.45, 2.75) is 45.6 Å². The van der Waals surface area contributed by atoms with Crippen molar-refractivity contribution in [2.24, 2.45) is 23.7 Å². The summed E-state index contributed by atoms with van der Waals surface area (Å²) in [5.41, 5.74) is -0.568. The van der Waals surface area contributed by atoms with Crippen molar-refractivity contribution in [1.82, 2.24) is 0 Å². The van der Waals surface area contributed by atoms with Gasteiger partial charge in [-0.15, -0.1) is 0 Å². The molecule has 0 aromatic heterocycles. The molecule has 0 spiro atoms. The van der Waals surface area contributed by atoms with E-state index in [1.165, 1.54) is 0 Å². The van der Waals surface area contributed by atoms with Crippen LogP contribution in [0.2, 0.25) is 0 Å². The summed E-state index contributed by atoms with van der Waals surface area (Å²) in [5, 5.41) is 9.38. The number of carbonyl (C=O) groups excluding carboxylic acids is 1. The number of hydrogen-bond acceptors (Lipinski definition) is 3. The predicted molar refractivity (Wildman–Crippen MR) is 70.4 cm³/mol. The Labute approximate surface area is 113 Å². The molecule has 0 amide bonds. The second-order valence-corrected chi connectivity index (χ2v) is 6.70. The van der Waals surface area contributed by atoms with Gasteiger partial charge in [-0.2, -0.15) is 0 Å². The molecule has 19 heavy (non-hydrogen) atoms. The number of fused-ring (bicyclic) bond motifs is 2. The lowest BCUT2D eigenvalue weighted by Crippen LogP contribution is -2.36. The number of carboxylic acids is 1. The number of allylic oxidation sites excluding steroid dienone is 2. The van der Waals surface area contributed by atoms with E-state index in [1.54, 1.807) is 0 Å². The monoisotopic (exact) mass is 266 g/mol. The van der Waals surface area contributed by atoms with E-state index in [0.29, 0.717) is 24.7 Å². The van der Waals surface area contributed by atoms with E-state index >= 15 is 0 Å². The summed E-state index contributed by atoms with van der Waals surface area (Å²) < 4.78 is 5.39. The van der Waals surface area contributed by atoms with E-state index in [9.17, 15) is 14.7 Å². The molecule has 2 aliphatic carbocycles. The van der Waals surface area contributed by atoms with E-state index < -0.39 is 23.4 Å². The minimum absolute atomic E-state index is 0.304. The van der Waals surface area contributed by atoms with Gasteiger partial charge < -0.3 is 9.84 Å². The molecule has 1 saturated carbocycles. The van der Waals surface area contributed by atoms with Gasteiger partial charge in [-0.05, 0) is 51.9 Å². The van der Waals surface area contributed by atoms with Crippen molar-refractivity contribution < 1.29 is 19.4 Å². The lowest BCUT2D eigenvalue weighted by atomic mass is 9.83. The SMILES string of the molecule is CC(C)(C)OC(=O)C1CC2C=CC(C2)CC1C(=O)O. The van der Waals surface area contributed by atoms with Gasteiger partial charge in [0.1, 0.15) is 5.60 Å². The third-order valence-electron chi connectivity index (χ3n) is 3.89. The molecule has 0 aromatic rings. The number of hydrogen-bond donors (Lipinski definition) is 1. The zero-order valence-corrected chi connectivity index (χ0v) is 11.8. The largest absolute Gasteiger partial charge is 0.481 e. The van der Waals surface area contributed by atoms with Gasteiger partial charge in [0.15, 0.2) is 0 Å². The van der Waals surface area contributed by atoms with Crippen LogP contribution in [0.1, 0.15) is 40.0 Å².